The number of amides is 1. The lowest BCUT2D eigenvalue weighted by Crippen LogP contribution is -2.41. The predicted octanol–water partition coefficient (Wildman–Crippen LogP) is 2.72. The molecular formula is C20H21N5O. The first-order chi connectivity index (χ1) is 12.7. The van der Waals surface area contributed by atoms with E-state index in [9.17, 15) is 4.79 Å². The fraction of sp³-hybridized carbons (Fsp3) is 0.250. The van der Waals surface area contributed by atoms with Crippen LogP contribution in [0.3, 0.4) is 0 Å². The lowest BCUT2D eigenvalue weighted by molar-refractivity contribution is -0.117. The Morgan fingerprint density at radius 2 is 2.04 bits per heavy atom. The van der Waals surface area contributed by atoms with E-state index >= 15 is 0 Å². The summed E-state index contributed by atoms with van der Waals surface area (Å²) in [4.78, 5) is 18.9. The minimum absolute atomic E-state index is 0.0230. The van der Waals surface area contributed by atoms with Gasteiger partial charge >= 0.3 is 0 Å². The Labute approximate surface area is 152 Å². The maximum Gasteiger partial charge on any atom is 0.246 e. The molecule has 1 amide bonds. The van der Waals surface area contributed by atoms with Crippen molar-refractivity contribution in [1.82, 2.24) is 14.8 Å². The van der Waals surface area contributed by atoms with Gasteiger partial charge in [-0.15, -0.1) is 0 Å². The van der Waals surface area contributed by atoms with Crippen molar-refractivity contribution >= 4 is 17.3 Å². The number of benzene rings is 1. The van der Waals surface area contributed by atoms with E-state index in [-0.39, 0.29) is 11.9 Å². The summed E-state index contributed by atoms with van der Waals surface area (Å²) in [7, 11) is 0. The molecule has 1 aromatic carbocycles. The van der Waals surface area contributed by atoms with Gasteiger partial charge in [0.05, 0.1) is 18.4 Å². The number of carbonyl (C=O) groups is 1. The lowest BCUT2D eigenvalue weighted by Gasteiger charge is -2.26. The summed E-state index contributed by atoms with van der Waals surface area (Å²) in [5.74, 6) is -0.0230. The molecule has 132 valence electrons. The summed E-state index contributed by atoms with van der Waals surface area (Å²) in [5, 5.41) is 7.30. The van der Waals surface area contributed by atoms with Crippen molar-refractivity contribution in [3.05, 3.63) is 72.3 Å². The second-order valence-electron chi connectivity index (χ2n) is 6.52. The quantitative estimate of drug-likeness (QED) is 0.771. The van der Waals surface area contributed by atoms with Crippen LogP contribution in [-0.2, 0) is 17.8 Å². The highest BCUT2D eigenvalue weighted by molar-refractivity contribution is 5.96. The molecule has 4 rings (SSSR count). The number of pyridine rings is 1. The van der Waals surface area contributed by atoms with Crippen LogP contribution in [0.4, 0.5) is 11.4 Å². The van der Waals surface area contributed by atoms with E-state index in [4.69, 9.17) is 0 Å². The number of anilines is 2. The van der Waals surface area contributed by atoms with Crippen LogP contribution in [0.5, 0.6) is 0 Å². The van der Waals surface area contributed by atoms with Gasteiger partial charge in [0.15, 0.2) is 0 Å². The molecule has 1 aliphatic heterocycles. The van der Waals surface area contributed by atoms with Gasteiger partial charge < -0.3 is 10.2 Å². The Hall–Kier alpha value is -3.15. The zero-order chi connectivity index (χ0) is 17.9. The summed E-state index contributed by atoms with van der Waals surface area (Å²) in [6.45, 7) is 3.46. The highest BCUT2D eigenvalue weighted by Gasteiger charge is 2.27. The third-order valence-electron chi connectivity index (χ3n) is 4.76. The standard InChI is InChI=1S/C20H21N5O/c1-15(25-11-8-17-4-2-3-5-19(17)25)20(26)23-18-12-22-24(14-18)13-16-6-9-21-10-7-16/h2-7,9-10,12,14-15H,8,11,13H2,1H3,(H,23,26). The monoisotopic (exact) mass is 347 g/mol. The Kier molecular flexibility index (Phi) is 4.39. The molecule has 3 heterocycles. The van der Waals surface area contributed by atoms with Gasteiger partial charge in [-0.1, -0.05) is 18.2 Å². The maximum absolute atomic E-state index is 12.7. The lowest BCUT2D eigenvalue weighted by atomic mass is 10.1. The van der Waals surface area contributed by atoms with Gasteiger partial charge in [0, 0.05) is 30.8 Å². The molecule has 0 bridgehead atoms. The molecule has 3 aromatic rings. The Morgan fingerprint density at radius 3 is 2.88 bits per heavy atom. The minimum atomic E-state index is -0.234. The van der Waals surface area contributed by atoms with E-state index in [0.29, 0.717) is 12.2 Å². The Balaban J connectivity index is 1.41. The van der Waals surface area contributed by atoms with E-state index in [2.05, 4.69) is 32.4 Å². The molecule has 1 N–H and O–H groups in total. The molecule has 0 saturated heterocycles. The van der Waals surface area contributed by atoms with Gasteiger partial charge in [-0.25, -0.2) is 0 Å². The van der Waals surface area contributed by atoms with Gasteiger partial charge in [0.25, 0.3) is 0 Å². The van der Waals surface area contributed by atoms with Crippen molar-refractivity contribution in [2.45, 2.75) is 25.9 Å². The van der Waals surface area contributed by atoms with Crippen molar-refractivity contribution in [2.75, 3.05) is 16.8 Å². The van der Waals surface area contributed by atoms with Crippen LogP contribution in [0.15, 0.2) is 61.2 Å². The van der Waals surface area contributed by atoms with Crippen molar-refractivity contribution in [1.29, 1.82) is 0 Å². The Morgan fingerprint density at radius 1 is 1.23 bits per heavy atom. The highest BCUT2D eigenvalue weighted by Crippen LogP contribution is 2.29. The van der Waals surface area contributed by atoms with E-state index < -0.39 is 0 Å². The molecule has 1 atom stereocenters. The molecule has 0 spiro atoms. The van der Waals surface area contributed by atoms with Crippen LogP contribution in [0, 0.1) is 0 Å². The van der Waals surface area contributed by atoms with Crippen molar-refractivity contribution in [2.24, 2.45) is 0 Å². The van der Waals surface area contributed by atoms with E-state index in [1.54, 1.807) is 23.3 Å². The topological polar surface area (TPSA) is 63.1 Å². The second-order valence-corrected chi connectivity index (χ2v) is 6.52. The van der Waals surface area contributed by atoms with Crippen molar-refractivity contribution in [3.8, 4) is 0 Å². The molecule has 6 nitrogen and oxygen atoms in total. The molecule has 2 aromatic heterocycles. The maximum atomic E-state index is 12.7. The number of carbonyl (C=O) groups excluding carboxylic acids is 1. The molecular weight excluding hydrogens is 326 g/mol. The van der Waals surface area contributed by atoms with E-state index in [1.807, 2.05) is 37.4 Å². The first-order valence-electron chi connectivity index (χ1n) is 8.77. The first-order valence-corrected chi connectivity index (χ1v) is 8.77. The number of para-hydroxylation sites is 1. The summed E-state index contributed by atoms with van der Waals surface area (Å²) < 4.78 is 1.81. The normalized spacial score (nSPS) is 14.1. The number of nitrogens with one attached hydrogen (secondary N) is 1. The van der Waals surface area contributed by atoms with Crippen molar-refractivity contribution in [3.63, 3.8) is 0 Å². The highest BCUT2D eigenvalue weighted by atomic mass is 16.2. The second kappa shape index (κ2) is 7.00. The summed E-state index contributed by atoms with van der Waals surface area (Å²) in [5.41, 5.74) is 4.28. The van der Waals surface area contributed by atoms with Crippen LogP contribution in [0.25, 0.3) is 0 Å². The van der Waals surface area contributed by atoms with E-state index in [0.717, 1.165) is 24.2 Å². The Bertz CT molecular complexity index is 905. The zero-order valence-corrected chi connectivity index (χ0v) is 14.7. The van der Waals surface area contributed by atoms with Crippen LogP contribution in [0.1, 0.15) is 18.1 Å². The summed E-state index contributed by atoms with van der Waals surface area (Å²) >= 11 is 0. The zero-order valence-electron chi connectivity index (χ0n) is 14.7. The van der Waals surface area contributed by atoms with Crippen LogP contribution in [-0.4, -0.2) is 33.3 Å². The minimum Gasteiger partial charge on any atom is -0.359 e. The third kappa shape index (κ3) is 3.31. The molecule has 0 saturated carbocycles. The number of nitrogens with zero attached hydrogens (tertiary/aromatic N) is 4. The molecule has 6 heteroatoms. The third-order valence-corrected chi connectivity index (χ3v) is 4.76. The fourth-order valence-electron chi connectivity index (χ4n) is 3.34. The van der Waals surface area contributed by atoms with Crippen LogP contribution in [0.2, 0.25) is 0 Å². The summed E-state index contributed by atoms with van der Waals surface area (Å²) in [6.07, 6.45) is 8.04. The number of hydrogen-bond acceptors (Lipinski definition) is 4. The molecule has 1 unspecified atom stereocenters. The van der Waals surface area contributed by atoms with E-state index in [1.165, 1.54) is 5.56 Å². The molecule has 0 radical (unpaired) electrons. The van der Waals surface area contributed by atoms with Gasteiger partial charge in [-0.05, 0) is 42.7 Å². The largest absolute Gasteiger partial charge is 0.359 e. The van der Waals surface area contributed by atoms with Gasteiger partial charge in [0.1, 0.15) is 6.04 Å². The number of fused-ring (bicyclic) bond motifs is 1. The van der Waals surface area contributed by atoms with Gasteiger partial charge in [-0.2, -0.15) is 5.10 Å². The van der Waals surface area contributed by atoms with Gasteiger partial charge in [0.2, 0.25) is 5.91 Å². The number of aromatic nitrogens is 3. The van der Waals surface area contributed by atoms with Crippen LogP contribution < -0.4 is 10.2 Å². The molecule has 26 heavy (non-hydrogen) atoms. The van der Waals surface area contributed by atoms with Gasteiger partial charge in [-0.3, -0.25) is 14.5 Å². The number of hydrogen-bond donors (Lipinski definition) is 1. The predicted molar refractivity (Wildman–Crippen MR) is 101 cm³/mol. The molecule has 0 aliphatic carbocycles. The molecule has 0 fully saturated rings. The van der Waals surface area contributed by atoms with Crippen LogP contribution >= 0.6 is 0 Å². The van der Waals surface area contributed by atoms with Crippen molar-refractivity contribution < 1.29 is 4.79 Å². The molecule has 1 aliphatic rings. The SMILES string of the molecule is CC(C(=O)Nc1cnn(Cc2ccncc2)c1)N1CCc2ccccc21. The fourth-order valence-corrected chi connectivity index (χ4v) is 3.34. The number of rotatable bonds is 5. The first kappa shape index (κ1) is 16.3. The average Bonchev–Trinajstić information content (AvgIpc) is 3.29. The average molecular weight is 347 g/mol. The summed E-state index contributed by atoms with van der Waals surface area (Å²) in [6, 6.07) is 11.9. The smallest absolute Gasteiger partial charge is 0.246 e.